The number of hydrogen-bond donors (Lipinski definition) is 0. The molecule has 8 nitrogen and oxygen atoms in total. The molecule has 33 heavy (non-hydrogen) atoms. The smallest absolute Gasteiger partial charge is 0.351 e. The summed E-state index contributed by atoms with van der Waals surface area (Å²) in [6.45, 7) is 7.16. The van der Waals surface area contributed by atoms with Crippen molar-refractivity contribution in [1.29, 1.82) is 0 Å². The van der Waals surface area contributed by atoms with Gasteiger partial charge in [-0.25, -0.2) is 24.3 Å². The number of ether oxygens (including phenoxy) is 1. The molecule has 4 aliphatic heterocycles. The molecule has 3 aromatic rings. The van der Waals surface area contributed by atoms with Gasteiger partial charge >= 0.3 is 11.6 Å². The van der Waals surface area contributed by atoms with E-state index >= 15 is 0 Å². The Morgan fingerprint density at radius 2 is 1.70 bits per heavy atom. The van der Waals surface area contributed by atoms with Gasteiger partial charge in [0.25, 0.3) is 0 Å². The normalized spacial score (nSPS) is 27.4. The summed E-state index contributed by atoms with van der Waals surface area (Å²) in [5.74, 6) is -0.312. The lowest BCUT2D eigenvalue weighted by Crippen LogP contribution is -3.00. The SMILES string of the molecule is O=C(Oc1cccc(I)c1)c1cc2cc(C[N+]34CN5CN(CN(C5)C3)C4)ccc2oc1=O.[Cl-]. The number of nitrogens with zero attached hydrogens (tertiary/aromatic N) is 4. The Balaban J connectivity index is 0.00000228. The van der Waals surface area contributed by atoms with Crippen LogP contribution < -0.4 is 22.8 Å². The van der Waals surface area contributed by atoms with E-state index < -0.39 is 11.6 Å². The minimum atomic E-state index is -0.710. The van der Waals surface area contributed by atoms with Crippen LogP contribution in [0.3, 0.4) is 0 Å². The summed E-state index contributed by atoms with van der Waals surface area (Å²) in [6.07, 6.45) is 0. The number of halogens is 2. The Bertz CT molecular complexity index is 1260. The van der Waals surface area contributed by atoms with E-state index in [2.05, 4.69) is 37.3 Å². The first-order valence-electron chi connectivity index (χ1n) is 10.5. The molecule has 0 N–H and O–H groups in total. The number of esters is 1. The second-order valence-electron chi connectivity index (χ2n) is 9.03. The first kappa shape index (κ1) is 22.8. The average molecular weight is 581 g/mol. The third-order valence-corrected chi connectivity index (χ3v) is 6.91. The maximum Gasteiger partial charge on any atom is 0.351 e. The molecule has 2 aromatic carbocycles. The molecule has 0 saturated carbocycles. The van der Waals surface area contributed by atoms with Crippen molar-refractivity contribution in [2.24, 2.45) is 0 Å². The van der Waals surface area contributed by atoms with E-state index in [9.17, 15) is 9.59 Å². The molecular formula is C23H22ClIN4O4. The summed E-state index contributed by atoms with van der Waals surface area (Å²) in [4.78, 5) is 32.5. The van der Waals surface area contributed by atoms with Gasteiger partial charge in [-0.1, -0.05) is 6.07 Å². The molecule has 0 unspecified atom stereocenters. The van der Waals surface area contributed by atoms with Crippen LogP contribution in [0.5, 0.6) is 5.75 Å². The minimum absolute atomic E-state index is 0. The summed E-state index contributed by atoms with van der Waals surface area (Å²) in [6, 6.07) is 14.6. The monoisotopic (exact) mass is 580 g/mol. The first-order valence-corrected chi connectivity index (χ1v) is 11.6. The number of quaternary nitrogens is 1. The fourth-order valence-corrected chi connectivity index (χ4v) is 5.82. The molecule has 172 valence electrons. The number of rotatable bonds is 4. The maximum absolute atomic E-state index is 12.7. The molecular weight excluding hydrogens is 559 g/mol. The van der Waals surface area contributed by atoms with E-state index in [1.165, 1.54) is 0 Å². The third-order valence-electron chi connectivity index (χ3n) is 6.24. The summed E-state index contributed by atoms with van der Waals surface area (Å²) in [7, 11) is 0. The summed E-state index contributed by atoms with van der Waals surface area (Å²) >= 11 is 2.14. The van der Waals surface area contributed by atoms with Gasteiger partial charge in [-0.15, -0.1) is 0 Å². The van der Waals surface area contributed by atoms with Crippen molar-refractivity contribution in [3.05, 3.63) is 73.6 Å². The van der Waals surface area contributed by atoms with Crippen molar-refractivity contribution in [2.75, 3.05) is 40.0 Å². The molecule has 4 fully saturated rings. The van der Waals surface area contributed by atoms with Gasteiger partial charge in [-0.05, 0) is 65.1 Å². The van der Waals surface area contributed by atoms with Crippen LogP contribution in [-0.4, -0.2) is 65.2 Å². The lowest BCUT2D eigenvalue weighted by atomic mass is 10.1. The van der Waals surface area contributed by atoms with Crippen LogP contribution in [0, 0.1) is 3.57 Å². The van der Waals surface area contributed by atoms with Crippen LogP contribution in [-0.2, 0) is 6.54 Å². The van der Waals surface area contributed by atoms with Gasteiger partial charge in [0.15, 0.2) is 0 Å². The van der Waals surface area contributed by atoms with E-state index in [4.69, 9.17) is 9.15 Å². The molecule has 0 atom stereocenters. The minimum Gasteiger partial charge on any atom is -1.00 e. The highest BCUT2D eigenvalue weighted by Crippen LogP contribution is 2.31. The number of fused-ring (bicyclic) bond motifs is 1. The van der Waals surface area contributed by atoms with Crippen molar-refractivity contribution < 1.29 is 30.8 Å². The molecule has 0 spiro atoms. The second kappa shape index (κ2) is 8.64. The quantitative estimate of drug-likeness (QED) is 0.137. The fourth-order valence-electron chi connectivity index (χ4n) is 5.30. The van der Waals surface area contributed by atoms with Gasteiger partial charge < -0.3 is 21.6 Å². The van der Waals surface area contributed by atoms with Crippen molar-refractivity contribution >= 4 is 39.5 Å². The Kier molecular flexibility index (Phi) is 5.96. The number of carbonyl (C=O) groups is 1. The fraction of sp³-hybridized carbons (Fsp3) is 0.304. The van der Waals surface area contributed by atoms with Gasteiger partial charge in [-0.2, -0.15) is 0 Å². The van der Waals surface area contributed by atoms with Gasteiger partial charge in [0, 0.05) is 14.5 Å². The van der Waals surface area contributed by atoms with Gasteiger partial charge in [-0.3, -0.25) is 4.48 Å². The summed E-state index contributed by atoms with van der Waals surface area (Å²) in [5.41, 5.74) is 0.847. The molecule has 0 amide bonds. The highest BCUT2D eigenvalue weighted by Gasteiger charge is 2.48. The molecule has 0 aliphatic carbocycles. The van der Waals surface area contributed by atoms with E-state index in [1.54, 1.807) is 24.3 Å². The van der Waals surface area contributed by atoms with Crippen molar-refractivity contribution in [1.82, 2.24) is 14.7 Å². The Hall–Kier alpha value is -2.02. The lowest BCUT2D eigenvalue weighted by molar-refractivity contribution is -0.991. The molecule has 5 heterocycles. The van der Waals surface area contributed by atoms with E-state index in [1.807, 2.05) is 24.3 Å². The van der Waals surface area contributed by atoms with Crippen LogP contribution in [0.25, 0.3) is 11.0 Å². The van der Waals surface area contributed by atoms with Crippen LogP contribution in [0.4, 0.5) is 0 Å². The van der Waals surface area contributed by atoms with Crippen molar-refractivity contribution in [3.8, 4) is 5.75 Å². The molecule has 0 radical (unpaired) electrons. The maximum atomic E-state index is 12.7. The molecule has 4 bridgehead atoms. The predicted molar refractivity (Wildman–Crippen MR) is 125 cm³/mol. The Morgan fingerprint density at radius 3 is 2.36 bits per heavy atom. The van der Waals surface area contributed by atoms with Crippen LogP contribution in [0.2, 0.25) is 0 Å². The Morgan fingerprint density at radius 1 is 1.00 bits per heavy atom. The number of carbonyl (C=O) groups excluding carboxylic acids is 1. The molecule has 7 rings (SSSR count). The summed E-state index contributed by atoms with van der Waals surface area (Å²) in [5, 5.41) is 0.728. The molecule has 4 saturated heterocycles. The zero-order chi connectivity index (χ0) is 21.9. The summed E-state index contributed by atoms with van der Waals surface area (Å²) < 4.78 is 12.8. The van der Waals surface area contributed by atoms with E-state index in [0.717, 1.165) is 65.6 Å². The topological polar surface area (TPSA) is 66.2 Å². The van der Waals surface area contributed by atoms with Gasteiger partial charge in [0.1, 0.15) is 43.4 Å². The molecule has 10 heteroatoms. The van der Waals surface area contributed by atoms with Crippen molar-refractivity contribution in [3.63, 3.8) is 0 Å². The van der Waals surface area contributed by atoms with Crippen LogP contribution >= 0.6 is 22.6 Å². The third kappa shape index (κ3) is 4.41. The standard InChI is InChI=1S/C23H22IN4O4.ClH/c24-18-2-1-3-19(8-18)31-22(29)20-7-17-6-16(4-5-21(17)32-23(20)30)9-28-13-25-10-26(14-28)12-27(11-25)15-28;/h1-8H,9-15H2;1H/q+1;/p-1. The largest absolute Gasteiger partial charge is 1.00 e. The average Bonchev–Trinajstić information content (AvgIpc) is 2.72. The highest BCUT2D eigenvalue weighted by molar-refractivity contribution is 14.1. The Labute approximate surface area is 210 Å². The van der Waals surface area contributed by atoms with E-state index in [0.29, 0.717) is 11.3 Å². The van der Waals surface area contributed by atoms with Gasteiger partial charge in [0.05, 0.1) is 20.0 Å². The van der Waals surface area contributed by atoms with Crippen LogP contribution in [0.1, 0.15) is 15.9 Å². The zero-order valence-corrected chi connectivity index (χ0v) is 20.7. The van der Waals surface area contributed by atoms with Gasteiger partial charge in [0.2, 0.25) is 0 Å². The number of hydrogen-bond acceptors (Lipinski definition) is 7. The lowest BCUT2D eigenvalue weighted by Gasteiger charge is -2.60. The second-order valence-corrected chi connectivity index (χ2v) is 10.3. The van der Waals surface area contributed by atoms with Crippen molar-refractivity contribution in [2.45, 2.75) is 6.54 Å². The molecule has 4 aliphatic rings. The first-order chi connectivity index (χ1) is 15.4. The highest BCUT2D eigenvalue weighted by atomic mass is 127. The molecule has 1 aromatic heterocycles. The zero-order valence-electron chi connectivity index (χ0n) is 17.7. The number of benzene rings is 2. The predicted octanol–water partition coefficient (Wildman–Crippen LogP) is -0.371. The van der Waals surface area contributed by atoms with Crippen LogP contribution in [0.15, 0.2) is 57.7 Å². The van der Waals surface area contributed by atoms with E-state index in [-0.39, 0.29) is 18.0 Å².